The molecule has 0 N–H and O–H groups in total. The Morgan fingerprint density at radius 3 is 2.21 bits per heavy atom. The molecule has 0 aromatic carbocycles. The lowest BCUT2D eigenvalue weighted by Crippen LogP contribution is -2.36. The second-order valence-corrected chi connectivity index (χ2v) is 3.25. The van der Waals surface area contributed by atoms with Gasteiger partial charge >= 0.3 is 16.9 Å². The van der Waals surface area contributed by atoms with Gasteiger partial charge in [-0.15, -0.1) is 0 Å². The van der Waals surface area contributed by atoms with E-state index in [-0.39, 0.29) is 0 Å². The van der Waals surface area contributed by atoms with Crippen molar-refractivity contribution in [2.75, 3.05) is 13.7 Å². The molecular weight excluding hydrogens is 276 g/mol. The average molecular weight is 283 g/mol. The van der Waals surface area contributed by atoms with E-state index in [1.54, 1.807) is 0 Å². The van der Waals surface area contributed by atoms with Crippen LogP contribution in [0.2, 0.25) is 0 Å². The summed E-state index contributed by atoms with van der Waals surface area (Å²) in [6.07, 6.45) is -2.49. The van der Waals surface area contributed by atoms with Crippen LogP contribution in [0.4, 0.5) is 22.4 Å². The van der Waals surface area contributed by atoms with Crippen molar-refractivity contribution in [3.05, 3.63) is 0 Å². The average Bonchev–Trinajstić information content (AvgIpc) is 2.01. The predicted molar refractivity (Wildman–Crippen MR) is 41.8 cm³/mol. The number of hydrogen-bond donors (Lipinski definition) is 0. The molecule has 3 nitrogen and oxygen atoms in total. The van der Waals surface area contributed by atoms with Crippen LogP contribution in [-0.2, 0) is 9.47 Å². The number of methoxy groups -OCH3 is 1. The Morgan fingerprint density at radius 2 is 1.86 bits per heavy atom. The summed E-state index contributed by atoms with van der Waals surface area (Å²) in [5, 5.41) is 0. The minimum atomic E-state index is -4.32. The Hall–Kier alpha value is -0.530. The normalized spacial score (nSPS) is 12.4. The second kappa shape index (κ2) is 4.81. The van der Waals surface area contributed by atoms with Crippen LogP contribution in [0.3, 0.4) is 0 Å². The Kier molecular flexibility index (Phi) is 4.63. The molecule has 0 atom stereocenters. The van der Waals surface area contributed by atoms with Crippen LogP contribution >= 0.6 is 15.9 Å². The quantitative estimate of drug-likeness (QED) is 0.452. The van der Waals surface area contributed by atoms with Crippen molar-refractivity contribution in [2.45, 2.75) is 17.2 Å². The van der Waals surface area contributed by atoms with Crippen LogP contribution in [0.15, 0.2) is 0 Å². The number of halogens is 5. The fraction of sp³-hybridized carbons (Fsp3) is 0.833. The molecule has 0 unspecified atom stereocenters. The van der Waals surface area contributed by atoms with Crippen LogP contribution in [0, 0.1) is 0 Å². The summed E-state index contributed by atoms with van der Waals surface area (Å²) in [6.45, 7) is -0.846. The van der Waals surface area contributed by atoms with Crippen molar-refractivity contribution in [2.24, 2.45) is 0 Å². The summed E-state index contributed by atoms with van der Waals surface area (Å²) in [5.74, 6) is -4.28. The lowest BCUT2D eigenvalue weighted by atomic mass is 10.2. The highest BCUT2D eigenvalue weighted by Crippen LogP contribution is 2.41. The van der Waals surface area contributed by atoms with Gasteiger partial charge in [0.2, 0.25) is 0 Å². The Labute approximate surface area is 85.5 Å². The summed E-state index contributed by atoms with van der Waals surface area (Å²) >= 11 is 1.53. The van der Waals surface area contributed by atoms with Crippen molar-refractivity contribution in [3.8, 4) is 0 Å². The smallest absolute Gasteiger partial charge is 0.438 e. The number of rotatable bonds is 4. The van der Waals surface area contributed by atoms with Crippen LogP contribution < -0.4 is 0 Å². The Balaban J connectivity index is 3.95. The summed E-state index contributed by atoms with van der Waals surface area (Å²) in [6, 6.07) is 0. The fourth-order valence-electron chi connectivity index (χ4n) is 0.463. The number of hydrogen-bond acceptors (Lipinski definition) is 3. The molecule has 0 aromatic rings. The largest absolute Gasteiger partial charge is 0.507 e. The molecule has 0 heterocycles. The molecule has 0 aliphatic rings. The van der Waals surface area contributed by atoms with E-state index in [0.717, 1.165) is 7.11 Å². The maximum atomic E-state index is 12.5. The van der Waals surface area contributed by atoms with Crippen LogP contribution in [-0.4, -0.2) is 30.6 Å². The number of carbonyl (C=O) groups is 1. The molecule has 8 heteroatoms. The zero-order valence-electron chi connectivity index (χ0n) is 7.03. The molecular formula is C6H7BrF4O3. The Morgan fingerprint density at radius 1 is 1.36 bits per heavy atom. The molecule has 0 radical (unpaired) electrons. The topological polar surface area (TPSA) is 35.5 Å². The van der Waals surface area contributed by atoms with Gasteiger partial charge in [-0.05, 0) is 15.9 Å². The minimum Gasteiger partial charge on any atom is -0.438 e. The maximum Gasteiger partial charge on any atom is 0.507 e. The van der Waals surface area contributed by atoms with E-state index < -0.39 is 29.9 Å². The first-order chi connectivity index (χ1) is 6.20. The molecule has 0 spiro atoms. The monoisotopic (exact) mass is 282 g/mol. The molecule has 0 saturated carbocycles. The van der Waals surface area contributed by atoms with Gasteiger partial charge in [0.05, 0.1) is 13.5 Å². The van der Waals surface area contributed by atoms with E-state index >= 15 is 0 Å². The minimum absolute atomic E-state index is 0.846. The summed E-state index contributed by atoms with van der Waals surface area (Å²) in [7, 11) is 0.972. The fourth-order valence-corrected chi connectivity index (χ4v) is 0.661. The van der Waals surface area contributed by atoms with Gasteiger partial charge in [-0.1, -0.05) is 0 Å². The zero-order chi connectivity index (χ0) is 11.4. The van der Waals surface area contributed by atoms with Crippen molar-refractivity contribution in [1.82, 2.24) is 0 Å². The molecule has 84 valence electrons. The molecule has 14 heavy (non-hydrogen) atoms. The highest BCUT2D eigenvalue weighted by Gasteiger charge is 2.53. The Bertz CT molecular complexity index is 204. The lowest BCUT2D eigenvalue weighted by molar-refractivity contribution is -0.156. The third-order valence-electron chi connectivity index (χ3n) is 1.22. The standard InChI is InChI=1S/C6H7BrF4O3/c1-13-4(12)14-3-2-5(8,9)6(7,10)11/h2-3H2,1H3. The van der Waals surface area contributed by atoms with E-state index in [2.05, 4.69) is 9.47 Å². The van der Waals surface area contributed by atoms with Gasteiger partial charge in [-0.3, -0.25) is 0 Å². The van der Waals surface area contributed by atoms with Gasteiger partial charge < -0.3 is 9.47 Å². The predicted octanol–water partition coefficient (Wildman–Crippen LogP) is 2.78. The number of carbonyl (C=O) groups excluding carboxylic acids is 1. The molecule has 0 rings (SSSR count). The van der Waals surface area contributed by atoms with Crippen LogP contribution in [0.5, 0.6) is 0 Å². The third kappa shape index (κ3) is 4.12. The first-order valence-electron chi connectivity index (χ1n) is 3.36. The van der Waals surface area contributed by atoms with Gasteiger partial charge in [-0.2, -0.15) is 17.6 Å². The van der Waals surface area contributed by atoms with Crippen molar-refractivity contribution >= 4 is 22.1 Å². The van der Waals surface area contributed by atoms with Crippen LogP contribution in [0.1, 0.15) is 6.42 Å². The zero-order valence-corrected chi connectivity index (χ0v) is 8.61. The van der Waals surface area contributed by atoms with Gasteiger partial charge in [0.25, 0.3) is 0 Å². The number of ether oxygens (including phenoxy) is 2. The molecule has 0 saturated heterocycles. The SMILES string of the molecule is COC(=O)OCCC(F)(F)C(F)(F)Br. The number of alkyl halides is 5. The van der Waals surface area contributed by atoms with E-state index in [0.29, 0.717) is 0 Å². The second-order valence-electron chi connectivity index (χ2n) is 2.25. The van der Waals surface area contributed by atoms with E-state index in [4.69, 9.17) is 0 Å². The molecule has 0 aliphatic carbocycles. The van der Waals surface area contributed by atoms with E-state index in [9.17, 15) is 22.4 Å². The van der Waals surface area contributed by atoms with E-state index in [1.165, 1.54) is 15.9 Å². The molecule has 0 aromatic heterocycles. The van der Waals surface area contributed by atoms with Crippen molar-refractivity contribution in [1.29, 1.82) is 0 Å². The summed E-state index contributed by atoms with van der Waals surface area (Å²) < 4.78 is 57.1. The summed E-state index contributed by atoms with van der Waals surface area (Å²) in [4.78, 5) is 5.94. The molecule has 0 aliphatic heterocycles. The third-order valence-corrected chi connectivity index (χ3v) is 1.80. The first kappa shape index (κ1) is 13.5. The first-order valence-corrected chi connectivity index (χ1v) is 4.15. The highest BCUT2D eigenvalue weighted by atomic mass is 79.9. The van der Waals surface area contributed by atoms with Crippen LogP contribution in [0.25, 0.3) is 0 Å². The van der Waals surface area contributed by atoms with Gasteiger partial charge in [-0.25, -0.2) is 4.79 Å². The van der Waals surface area contributed by atoms with Gasteiger partial charge in [0.15, 0.2) is 0 Å². The summed E-state index contributed by atoms with van der Waals surface area (Å²) in [5.41, 5.74) is 0. The molecule has 0 fully saturated rings. The molecule has 0 bridgehead atoms. The lowest BCUT2D eigenvalue weighted by Gasteiger charge is -2.20. The van der Waals surface area contributed by atoms with Crippen molar-refractivity contribution in [3.63, 3.8) is 0 Å². The highest BCUT2D eigenvalue weighted by molar-refractivity contribution is 9.10. The van der Waals surface area contributed by atoms with Gasteiger partial charge in [0, 0.05) is 0 Å². The maximum absolute atomic E-state index is 12.5. The van der Waals surface area contributed by atoms with Crippen molar-refractivity contribution < 1.29 is 31.8 Å². The molecule has 0 amide bonds. The van der Waals surface area contributed by atoms with E-state index in [1.807, 2.05) is 0 Å². The van der Waals surface area contributed by atoms with Gasteiger partial charge in [0.1, 0.15) is 6.61 Å².